The summed E-state index contributed by atoms with van der Waals surface area (Å²) in [5, 5.41) is 6.13. The van der Waals surface area contributed by atoms with Gasteiger partial charge in [-0.05, 0) is 37.0 Å². The Kier molecular flexibility index (Phi) is 7.22. The highest BCUT2D eigenvalue weighted by molar-refractivity contribution is 7.89. The topological polar surface area (TPSA) is 118 Å². The number of fused-ring (bicyclic) bond motifs is 1. The van der Waals surface area contributed by atoms with Gasteiger partial charge in [0, 0.05) is 24.7 Å². The maximum atomic E-state index is 13.9. The summed E-state index contributed by atoms with van der Waals surface area (Å²) in [4.78, 5) is 4.23. The van der Waals surface area contributed by atoms with Crippen LogP contribution in [0.4, 0.5) is 18.9 Å². The van der Waals surface area contributed by atoms with E-state index in [1.54, 1.807) is 12.1 Å². The fraction of sp³-hybridized carbons (Fsp3) is 0.560. The molecule has 9 nitrogen and oxygen atoms in total. The molecule has 208 valence electrons. The molecule has 0 spiro atoms. The summed E-state index contributed by atoms with van der Waals surface area (Å²) >= 11 is 0. The molecule has 0 amide bonds. The van der Waals surface area contributed by atoms with Gasteiger partial charge in [-0.15, -0.1) is 0 Å². The van der Waals surface area contributed by atoms with Crippen LogP contribution >= 0.6 is 0 Å². The molecule has 38 heavy (non-hydrogen) atoms. The van der Waals surface area contributed by atoms with Crippen molar-refractivity contribution < 1.29 is 31.1 Å². The van der Waals surface area contributed by atoms with Crippen LogP contribution in [0.2, 0.25) is 0 Å². The van der Waals surface area contributed by atoms with Crippen molar-refractivity contribution in [2.24, 2.45) is 16.6 Å². The number of anilines is 1. The Morgan fingerprint density at radius 1 is 1.21 bits per heavy atom. The zero-order chi connectivity index (χ0) is 27.1. The number of methoxy groups -OCH3 is 1. The van der Waals surface area contributed by atoms with Gasteiger partial charge in [0.05, 0.1) is 48.6 Å². The molecule has 4 aliphatic rings. The molecule has 0 radical (unpaired) electrons. The summed E-state index contributed by atoms with van der Waals surface area (Å²) in [5.41, 5.74) is 5.24. The second-order valence-electron chi connectivity index (χ2n) is 9.97. The van der Waals surface area contributed by atoms with Crippen LogP contribution in [0.3, 0.4) is 0 Å². The lowest BCUT2D eigenvalue weighted by Gasteiger charge is -2.43. The van der Waals surface area contributed by atoms with Gasteiger partial charge in [0.2, 0.25) is 10.0 Å². The molecule has 1 atom stereocenters. The van der Waals surface area contributed by atoms with Gasteiger partial charge >= 0.3 is 6.18 Å². The van der Waals surface area contributed by atoms with Crippen LogP contribution in [0.15, 0.2) is 51.1 Å². The number of sulfonamides is 1. The number of ether oxygens (including phenoxy) is 2. The van der Waals surface area contributed by atoms with Crippen LogP contribution < -0.4 is 21.1 Å². The van der Waals surface area contributed by atoms with Crippen molar-refractivity contribution in [3.63, 3.8) is 0 Å². The largest absolute Gasteiger partial charge is 0.495 e. The minimum Gasteiger partial charge on any atom is -0.495 e. The van der Waals surface area contributed by atoms with Gasteiger partial charge in [-0.1, -0.05) is 19.3 Å². The summed E-state index contributed by atoms with van der Waals surface area (Å²) in [7, 11) is -2.33. The Balaban J connectivity index is 1.49. The Labute approximate surface area is 220 Å². The fourth-order valence-corrected chi connectivity index (χ4v) is 7.14. The number of amidine groups is 1. The third-order valence-electron chi connectivity index (χ3n) is 7.68. The van der Waals surface area contributed by atoms with E-state index in [1.165, 1.54) is 23.5 Å². The maximum absolute atomic E-state index is 13.9. The molecule has 0 aromatic heterocycles. The van der Waals surface area contributed by atoms with Crippen LogP contribution in [-0.4, -0.2) is 70.2 Å². The first kappa shape index (κ1) is 27.0. The molecule has 0 bridgehead atoms. The van der Waals surface area contributed by atoms with Crippen molar-refractivity contribution >= 4 is 21.5 Å². The predicted molar refractivity (Wildman–Crippen MR) is 136 cm³/mol. The molecule has 2 fully saturated rings. The summed E-state index contributed by atoms with van der Waals surface area (Å²) in [6.07, 6.45) is 1.36. The second kappa shape index (κ2) is 10.2. The first-order valence-corrected chi connectivity index (χ1v) is 14.2. The van der Waals surface area contributed by atoms with E-state index in [0.29, 0.717) is 24.7 Å². The second-order valence-corrected chi connectivity index (χ2v) is 11.9. The molecule has 5 rings (SSSR count). The number of nitrogens with zero attached hydrogens (tertiary/aromatic N) is 2. The van der Waals surface area contributed by atoms with E-state index in [1.807, 2.05) is 0 Å². The zero-order valence-electron chi connectivity index (χ0n) is 21.1. The van der Waals surface area contributed by atoms with E-state index in [2.05, 4.69) is 15.6 Å². The Morgan fingerprint density at radius 2 is 1.92 bits per heavy atom. The van der Waals surface area contributed by atoms with Gasteiger partial charge in [-0.25, -0.2) is 8.42 Å². The number of morpholine rings is 1. The molecule has 1 unspecified atom stereocenters. The predicted octanol–water partition coefficient (Wildman–Crippen LogP) is 3.12. The van der Waals surface area contributed by atoms with Crippen molar-refractivity contribution in [3.8, 4) is 5.75 Å². The highest BCUT2D eigenvalue weighted by Crippen LogP contribution is 2.45. The van der Waals surface area contributed by atoms with Gasteiger partial charge < -0.3 is 25.8 Å². The van der Waals surface area contributed by atoms with Crippen molar-refractivity contribution in [3.05, 3.63) is 41.2 Å². The van der Waals surface area contributed by atoms with Gasteiger partial charge in [0.15, 0.2) is 0 Å². The van der Waals surface area contributed by atoms with Crippen molar-refractivity contribution in [2.45, 2.75) is 48.7 Å². The highest BCUT2D eigenvalue weighted by Gasteiger charge is 2.50. The number of halogens is 3. The molecule has 3 heterocycles. The van der Waals surface area contributed by atoms with E-state index in [0.717, 1.165) is 32.1 Å². The normalized spacial score (nSPS) is 25.4. The molecule has 1 aliphatic carbocycles. The van der Waals surface area contributed by atoms with E-state index in [9.17, 15) is 21.6 Å². The third-order valence-corrected chi connectivity index (χ3v) is 9.57. The van der Waals surface area contributed by atoms with Crippen LogP contribution in [0.1, 0.15) is 32.1 Å². The van der Waals surface area contributed by atoms with E-state index >= 15 is 0 Å². The SMILES string of the molecule is COc1cc(S(=O)(=O)N2CCOCC2)ccc1NC1=CC(N)(C2CCCCC2)C2=C(C(F)(F)F)CN=C2N1. The standard InChI is InChI=1S/C25H32F3N5O4S/c1-36-20-13-17(38(34,35)33-9-11-37-12-10-33)7-8-19(20)31-21-14-24(29,16-5-3-2-4-6-16)22-18(25(26,27)28)15-30-23(22)32-21/h7-8,13-14,16,31H,2-6,9-12,15,29H2,1H3,(H,30,32). The van der Waals surface area contributed by atoms with Crippen molar-refractivity contribution in [1.82, 2.24) is 9.62 Å². The Bertz CT molecular complexity index is 1280. The average molecular weight is 556 g/mol. The van der Waals surface area contributed by atoms with Gasteiger partial charge in [0.1, 0.15) is 17.4 Å². The van der Waals surface area contributed by atoms with Gasteiger partial charge in [-0.2, -0.15) is 17.5 Å². The molecule has 13 heteroatoms. The molecule has 1 saturated carbocycles. The lowest BCUT2D eigenvalue weighted by molar-refractivity contribution is -0.0928. The lowest BCUT2D eigenvalue weighted by atomic mass is 9.69. The van der Waals surface area contributed by atoms with Gasteiger partial charge in [0.25, 0.3) is 0 Å². The number of benzene rings is 1. The Morgan fingerprint density at radius 3 is 2.58 bits per heavy atom. The van der Waals surface area contributed by atoms with Crippen molar-refractivity contribution in [2.75, 3.05) is 45.3 Å². The monoisotopic (exact) mass is 555 g/mol. The number of rotatable bonds is 6. The maximum Gasteiger partial charge on any atom is 0.414 e. The number of nitrogens with one attached hydrogen (secondary N) is 2. The van der Waals surface area contributed by atoms with Crippen LogP contribution in [0, 0.1) is 5.92 Å². The number of hydrogen-bond donors (Lipinski definition) is 3. The van der Waals surface area contributed by atoms with Crippen LogP contribution in [0.5, 0.6) is 5.75 Å². The first-order chi connectivity index (χ1) is 18.0. The molecule has 3 aliphatic heterocycles. The smallest absolute Gasteiger partial charge is 0.414 e. The third kappa shape index (κ3) is 4.92. The first-order valence-electron chi connectivity index (χ1n) is 12.7. The molecule has 1 aromatic carbocycles. The van der Waals surface area contributed by atoms with E-state index in [4.69, 9.17) is 15.2 Å². The van der Waals surface area contributed by atoms with E-state index in [-0.39, 0.29) is 41.1 Å². The fourth-order valence-electron chi connectivity index (χ4n) is 5.72. The number of nitrogens with two attached hydrogens (primary N) is 1. The molecule has 1 aromatic rings. The summed E-state index contributed by atoms with van der Waals surface area (Å²) < 4.78 is 80.1. The van der Waals surface area contributed by atoms with Crippen LogP contribution in [-0.2, 0) is 14.8 Å². The number of hydrogen-bond acceptors (Lipinski definition) is 8. The average Bonchev–Trinajstić information content (AvgIpc) is 3.36. The molecule has 4 N–H and O–H groups in total. The minimum atomic E-state index is -4.54. The lowest BCUT2D eigenvalue weighted by Crippen LogP contribution is -2.56. The number of alkyl halides is 3. The summed E-state index contributed by atoms with van der Waals surface area (Å²) in [6.45, 7) is 0.700. The van der Waals surface area contributed by atoms with E-state index < -0.39 is 33.9 Å². The molecule has 1 saturated heterocycles. The molecular weight excluding hydrogens is 523 g/mol. The summed E-state index contributed by atoms with van der Waals surface area (Å²) in [5.74, 6) is 0.564. The highest BCUT2D eigenvalue weighted by atomic mass is 32.2. The van der Waals surface area contributed by atoms with Crippen molar-refractivity contribution in [1.29, 1.82) is 0 Å². The minimum absolute atomic E-state index is 0.0152. The molecular formula is C25H32F3N5O4S. The quantitative estimate of drug-likeness (QED) is 0.494. The van der Waals surface area contributed by atoms with Crippen LogP contribution in [0.25, 0.3) is 0 Å². The summed E-state index contributed by atoms with van der Waals surface area (Å²) in [6, 6.07) is 4.46. The zero-order valence-corrected chi connectivity index (χ0v) is 21.9. The Hall–Kier alpha value is -2.61. The van der Waals surface area contributed by atoms with Gasteiger partial charge in [-0.3, -0.25) is 4.99 Å². The number of aliphatic imine (C=N–C) groups is 1.